The Morgan fingerprint density at radius 2 is 1.90 bits per heavy atom. The van der Waals surface area contributed by atoms with Gasteiger partial charge in [-0.25, -0.2) is 0 Å². The Balaban J connectivity index is 1.84. The summed E-state index contributed by atoms with van der Waals surface area (Å²) in [6.07, 6.45) is 0. The van der Waals surface area contributed by atoms with Gasteiger partial charge in [-0.1, -0.05) is 30.3 Å². The van der Waals surface area contributed by atoms with Crippen molar-refractivity contribution in [3.8, 4) is 0 Å². The molecular formula is C18H17NS. The second kappa shape index (κ2) is 4.72. The lowest BCUT2D eigenvalue weighted by molar-refractivity contribution is 0.508. The van der Waals surface area contributed by atoms with Crippen molar-refractivity contribution in [2.24, 2.45) is 0 Å². The van der Waals surface area contributed by atoms with E-state index in [0.29, 0.717) is 12.0 Å². The molecule has 2 atom stereocenters. The van der Waals surface area contributed by atoms with Crippen LogP contribution in [0.5, 0.6) is 0 Å². The Labute approximate surface area is 123 Å². The smallest absolute Gasteiger partial charge is 0.0342 e. The maximum atomic E-state index is 3.63. The van der Waals surface area contributed by atoms with Gasteiger partial charge in [0.25, 0.3) is 0 Å². The van der Waals surface area contributed by atoms with Crippen molar-refractivity contribution in [1.29, 1.82) is 0 Å². The van der Waals surface area contributed by atoms with Crippen LogP contribution >= 0.6 is 11.3 Å². The van der Waals surface area contributed by atoms with Gasteiger partial charge in [0, 0.05) is 23.2 Å². The molecule has 3 aromatic rings. The van der Waals surface area contributed by atoms with Gasteiger partial charge in [-0.05, 0) is 52.6 Å². The van der Waals surface area contributed by atoms with Crippen molar-refractivity contribution in [3.63, 3.8) is 0 Å². The zero-order chi connectivity index (χ0) is 13.5. The van der Waals surface area contributed by atoms with Crippen LogP contribution in [0, 0.1) is 0 Å². The van der Waals surface area contributed by atoms with Crippen molar-refractivity contribution in [3.05, 3.63) is 70.6 Å². The minimum absolute atomic E-state index is 0.451. The minimum Gasteiger partial charge on any atom is -0.309 e. The van der Waals surface area contributed by atoms with E-state index in [-0.39, 0.29) is 0 Å². The Hall–Kier alpha value is -1.64. The predicted molar refractivity (Wildman–Crippen MR) is 86.5 cm³/mol. The van der Waals surface area contributed by atoms with Crippen molar-refractivity contribution < 1.29 is 0 Å². The summed E-state index contributed by atoms with van der Waals surface area (Å²) in [4.78, 5) is 0. The van der Waals surface area contributed by atoms with Crippen molar-refractivity contribution in [2.45, 2.75) is 18.9 Å². The van der Waals surface area contributed by atoms with Crippen LogP contribution in [0.3, 0.4) is 0 Å². The molecule has 0 bridgehead atoms. The molecule has 1 N–H and O–H groups in total. The highest BCUT2D eigenvalue weighted by Crippen LogP contribution is 2.35. The zero-order valence-corrected chi connectivity index (χ0v) is 12.3. The number of hydrogen-bond donors (Lipinski definition) is 1. The van der Waals surface area contributed by atoms with Crippen molar-refractivity contribution >= 4 is 21.4 Å². The van der Waals surface area contributed by atoms with E-state index >= 15 is 0 Å². The van der Waals surface area contributed by atoms with Gasteiger partial charge in [0.05, 0.1) is 0 Å². The van der Waals surface area contributed by atoms with Gasteiger partial charge in [0.1, 0.15) is 0 Å². The summed E-state index contributed by atoms with van der Waals surface area (Å²) in [5, 5.41) is 7.17. The summed E-state index contributed by atoms with van der Waals surface area (Å²) >= 11 is 1.81. The van der Waals surface area contributed by atoms with Gasteiger partial charge >= 0.3 is 0 Å². The first-order chi connectivity index (χ1) is 9.83. The first-order valence-corrected chi connectivity index (χ1v) is 8.00. The molecule has 0 aliphatic carbocycles. The fourth-order valence-corrected chi connectivity index (χ4v) is 4.01. The Bertz CT molecular complexity index is 759. The van der Waals surface area contributed by atoms with E-state index in [4.69, 9.17) is 0 Å². The van der Waals surface area contributed by atoms with Gasteiger partial charge in [-0.3, -0.25) is 0 Å². The molecule has 0 saturated heterocycles. The molecular weight excluding hydrogens is 262 g/mol. The lowest BCUT2D eigenvalue weighted by Gasteiger charge is -2.31. The molecule has 2 heteroatoms. The van der Waals surface area contributed by atoms with Crippen LogP contribution in [-0.2, 0) is 0 Å². The lowest BCUT2D eigenvalue weighted by Crippen LogP contribution is -2.31. The SMILES string of the molecule is C[C@H]1NC[C@@H](c2ccc3sccc3c2)c2ccccc21. The number of hydrogen-bond acceptors (Lipinski definition) is 2. The third kappa shape index (κ3) is 1.88. The normalized spacial score (nSPS) is 21.9. The molecule has 0 spiro atoms. The summed E-state index contributed by atoms with van der Waals surface area (Å²) in [5.41, 5.74) is 4.34. The van der Waals surface area contributed by atoms with Gasteiger partial charge < -0.3 is 5.32 Å². The molecule has 0 fully saturated rings. The van der Waals surface area contributed by atoms with Gasteiger partial charge in [0.15, 0.2) is 0 Å². The van der Waals surface area contributed by atoms with E-state index in [0.717, 1.165) is 6.54 Å². The van der Waals surface area contributed by atoms with Crippen molar-refractivity contribution in [1.82, 2.24) is 5.32 Å². The summed E-state index contributed by atoms with van der Waals surface area (Å²) in [6, 6.07) is 18.4. The Kier molecular flexibility index (Phi) is 2.86. The van der Waals surface area contributed by atoms with Crippen LogP contribution in [0.25, 0.3) is 10.1 Å². The van der Waals surface area contributed by atoms with Gasteiger partial charge in [-0.2, -0.15) is 0 Å². The number of rotatable bonds is 1. The van der Waals surface area contributed by atoms with Crippen LogP contribution in [-0.4, -0.2) is 6.54 Å². The quantitative estimate of drug-likeness (QED) is 0.681. The zero-order valence-electron chi connectivity index (χ0n) is 11.5. The topological polar surface area (TPSA) is 12.0 Å². The predicted octanol–water partition coefficient (Wildman–Crippen LogP) is 4.70. The Morgan fingerprint density at radius 3 is 2.80 bits per heavy atom. The van der Waals surface area contributed by atoms with E-state index in [9.17, 15) is 0 Å². The number of benzene rings is 2. The second-order valence-electron chi connectivity index (χ2n) is 5.53. The first-order valence-electron chi connectivity index (χ1n) is 7.12. The molecule has 0 radical (unpaired) electrons. The highest BCUT2D eigenvalue weighted by atomic mass is 32.1. The van der Waals surface area contributed by atoms with Crippen LogP contribution in [0.1, 0.15) is 35.6 Å². The highest BCUT2D eigenvalue weighted by Gasteiger charge is 2.25. The monoisotopic (exact) mass is 279 g/mol. The van der Waals surface area contributed by atoms with Crippen LogP contribution in [0.15, 0.2) is 53.9 Å². The molecule has 1 aromatic heterocycles. The maximum Gasteiger partial charge on any atom is 0.0342 e. The fraction of sp³-hybridized carbons (Fsp3) is 0.222. The van der Waals surface area contributed by atoms with Crippen LogP contribution in [0.2, 0.25) is 0 Å². The molecule has 2 aromatic carbocycles. The average molecular weight is 279 g/mol. The lowest BCUT2D eigenvalue weighted by atomic mass is 9.83. The largest absolute Gasteiger partial charge is 0.309 e. The van der Waals surface area contributed by atoms with E-state index in [1.54, 1.807) is 0 Å². The summed E-state index contributed by atoms with van der Waals surface area (Å²) in [5.74, 6) is 0.465. The maximum absolute atomic E-state index is 3.63. The molecule has 100 valence electrons. The van der Waals surface area contributed by atoms with E-state index in [1.807, 2.05) is 11.3 Å². The summed E-state index contributed by atoms with van der Waals surface area (Å²) in [6.45, 7) is 3.27. The third-order valence-electron chi connectivity index (χ3n) is 4.34. The Morgan fingerprint density at radius 1 is 1.05 bits per heavy atom. The average Bonchev–Trinajstić information content (AvgIpc) is 2.95. The number of fused-ring (bicyclic) bond motifs is 2. The van der Waals surface area contributed by atoms with Gasteiger partial charge in [-0.15, -0.1) is 11.3 Å². The molecule has 1 nitrogen and oxygen atoms in total. The molecule has 20 heavy (non-hydrogen) atoms. The molecule has 1 aliphatic heterocycles. The van der Waals surface area contributed by atoms with E-state index in [2.05, 4.69) is 66.2 Å². The fourth-order valence-electron chi connectivity index (χ4n) is 3.24. The van der Waals surface area contributed by atoms with Crippen molar-refractivity contribution in [2.75, 3.05) is 6.54 Å². The third-order valence-corrected chi connectivity index (χ3v) is 5.24. The van der Waals surface area contributed by atoms with Crippen LogP contribution in [0.4, 0.5) is 0 Å². The van der Waals surface area contributed by atoms with Gasteiger partial charge in [0.2, 0.25) is 0 Å². The van der Waals surface area contributed by atoms with E-state index in [1.165, 1.54) is 26.8 Å². The minimum atomic E-state index is 0.451. The molecule has 0 amide bonds. The second-order valence-corrected chi connectivity index (χ2v) is 6.48. The molecule has 1 aliphatic rings. The molecule has 4 rings (SSSR count). The highest BCUT2D eigenvalue weighted by molar-refractivity contribution is 7.17. The molecule has 2 heterocycles. The summed E-state index contributed by atoms with van der Waals surface area (Å²) in [7, 11) is 0. The standard InChI is InChI=1S/C18H17NS/c1-12-15-4-2-3-5-16(15)17(11-19-12)13-6-7-18-14(10-13)8-9-20-18/h2-10,12,17,19H,11H2,1H3/t12-,17+/m1/s1. The van der Waals surface area contributed by atoms with Crippen LogP contribution < -0.4 is 5.32 Å². The molecule has 0 saturated carbocycles. The number of thiophene rings is 1. The first kappa shape index (κ1) is 12.1. The molecule has 0 unspecified atom stereocenters. The van der Waals surface area contributed by atoms with E-state index < -0.39 is 0 Å². The number of nitrogens with one attached hydrogen (secondary N) is 1. The summed E-state index contributed by atoms with van der Waals surface area (Å²) < 4.78 is 1.37.